The zero-order valence-corrected chi connectivity index (χ0v) is 11.7. The van der Waals surface area contributed by atoms with Gasteiger partial charge in [-0.3, -0.25) is 4.79 Å². The average Bonchev–Trinajstić information content (AvgIpc) is 2.75. The predicted molar refractivity (Wildman–Crippen MR) is 70.8 cm³/mol. The van der Waals surface area contributed by atoms with E-state index >= 15 is 0 Å². The number of nitrogens with zero attached hydrogens (tertiary/aromatic N) is 1. The number of halogens is 1. The molecule has 1 amide bonds. The number of amides is 1. The molecule has 0 saturated heterocycles. The second-order valence-electron chi connectivity index (χ2n) is 4.12. The lowest BCUT2D eigenvalue weighted by molar-refractivity contribution is -0.123. The van der Waals surface area contributed by atoms with Crippen LogP contribution in [0.3, 0.4) is 0 Å². The molecule has 0 fully saturated rings. The van der Waals surface area contributed by atoms with Gasteiger partial charge in [-0.05, 0) is 28.1 Å². The molecule has 1 aromatic rings. The highest BCUT2D eigenvalue weighted by Gasteiger charge is 2.15. The maximum atomic E-state index is 11.3. The Hall–Kier alpha value is -1.56. The quantitative estimate of drug-likeness (QED) is 0.688. The van der Waals surface area contributed by atoms with E-state index in [1.807, 2.05) is 6.07 Å². The zero-order valence-electron chi connectivity index (χ0n) is 10.1. The standard InChI is InChI=1S/C12H13BrN2O3/c1-7(2)12(16)15-14-5-8-3-10-11(4-9(8)13)18-6-17-10/h3-5,7H,6H2,1-2H3,(H,15,16)/b14-5+. The second kappa shape index (κ2) is 5.39. The molecule has 2 rings (SSSR count). The monoisotopic (exact) mass is 312 g/mol. The first-order valence-corrected chi connectivity index (χ1v) is 6.29. The van der Waals surface area contributed by atoms with E-state index in [1.165, 1.54) is 0 Å². The van der Waals surface area contributed by atoms with Gasteiger partial charge >= 0.3 is 0 Å². The van der Waals surface area contributed by atoms with Gasteiger partial charge in [-0.15, -0.1) is 0 Å². The summed E-state index contributed by atoms with van der Waals surface area (Å²) in [6.07, 6.45) is 1.56. The van der Waals surface area contributed by atoms with Gasteiger partial charge in [-0.2, -0.15) is 5.10 Å². The van der Waals surface area contributed by atoms with Crippen molar-refractivity contribution < 1.29 is 14.3 Å². The third-order valence-electron chi connectivity index (χ3n) is 2.39. The van der Waals surface area contributed by atoms with Crippen LogP contribution in [-0.4, -0.2) is 18.9 Å². The molecule has 0 saturated carbocycles. The van der Waals surface area contributed by atoms with Gasteiger partial charge in [-0.1, -0.05) is 13.8 Å². The molecule has 0 bridgehead atoms. The fourth-order valence-corrected chi connectivity index (χ4v) is 1.75. The fraction of sp³-hybridized carbons (Fsp3) is 0.333. The molecule has 1 aliphatic heterocycles. The van der Waals surface area contributed by atoms with Crippen LogP contribution in [0.2, 0.25) is 0 Å². The highest BCUT2D eigenvalue weighted by atomic mass is 79.9. The van der Waals surface area contributed by atoms with Gasteiger partial charge in [0.25, 0.3) is 0 Å². The van der Waals surface area contributed by atoms with Crippen LogP contribution in [0.5, 0.6) is 11.5 Å². The Kier molecular flexibility index (Phi) is 3.86. The van der Waals surface area contributed by atoms with E-state index in [4.69, 9.17) is 9.47 Å². The number of hydrazone groups is 1. The average molecular weight is 313 g/mol. The molecule has 1 N–H and O–H groups in total. The molecule has 0 radical (unpaired) electrons. The fourth-order valence-electron chi connectivity index (χ4n) is 1.33. The first kappa shape index (κ1) is 12.9. The maximum Gasteiger partial charge on any atom is 0.242 e. The van der Waals surface area contributed by atoms with Crippen LogP contribution in [0.15, 0.2) is 21.7 Å². The highest BCUT2D eigenvalue weighted by molar-refractivity contribution is 9.10. The largest absolute Gasteiger partial charge is 0.454 e. The molecule has 0 unspecified atom stereocenters. The smallest absolute Gasteiger partial charge is 0.242 e. The number of carbonyl (C=O) groups excluding carboxylic acids is 1. The van der Waals surface area contributed by atoms with Crippen molar-refractivity contribution in [1.29, 1.82) is 0 Å². The van der Waals surface area contributed by atoms with Gasteiger partial charge < -0.3 is 9.47 Å². The van der Waals surface area contributed by atoms with Crippen molar-refractivity contribution in [2.75, 3.05) is 6.79 Å². The SMILES string of the molecule is CC(C)C(=O)N/N=C/c1cc2c(cc1Br)OCO2. The van der Waals surface area contributed by atoms with E-state index in [2.05, 4.69) is 26.5 Å². The summed E-state index contributed by atoms with van der Waals surface area (Å²) < 4.78 is 11.3. The van der Waals surface area contributed by atoms with Crippen molar-refractivity contribution >= 4 is 28.1 Å². The minimum Gasteiger partial charge on any atom is -0.454 e. The summed E-state index contributed by atoms with van der Waals surface area (Å²) in [5, 5.41) is 3.90. The van der Waals surface area contributed by atoms with Gasteiger partial charge in [0.05, 0.1) is 6.21 Å². The van der Waals surface area contributed by atoms with Crippen LogP contribution in [-0.2, 0) is 4.79 Å². The molecule has 1 heterocycles. The summed E-state index contributed by atoms with van der Waals surface area (Å²) in [6.45, 7) is 3.84. The lowest BCUT2D eigenvalue weighted by atomic mass is 10.2. The third kappa shape index (κ3) is 2.81. The molecule has 96 valence electrons. The summed E-state index contributed by atoms with van der Waals surface area (Å²) in [5.74, 6) is 1.16. The zero-order chi connectivity index (χ0) is 13.1. The van der Waals surface area contributed by atoms with Crippen LogP contribution in [0.1, 0.15) is 19.4 Å². The molecule has 0 spiro atoms. The van der Waals surface area contributed by atoms with E-state index in [-0.39, 0.29) is 18.6 Å². The van der Waals surface area contributed by atoms with Crippen LogP contribution < -0.4 is 14.9 Å². The molecule has 0 aliphatic carbocycles. The minimum absolute atomic E-state index is 0.0951. The van der Waals surface area contributed by atoms with Crippen LogP contribution >= 0.6 is 15.9 Å². The summed E-state index contributed by atoms with van der Waals surface area (Å²) in [5.41, 5.74) is 3.27. The first-order chi connectivity index (χ1) is 8.58. The van der Waals surface area contributed by atoms with E-state index in [0.717, 1.165) is 10.0 Å². The minimum atomic E-state index is -0.122. The summed E-state index contributed by atoms with van der Waals surface area (Å²) in [6, 6.07) is 3.62. The van der Waals surface area contributed by atoms with Crippen molar-refractivity contribution in [2.24, 2.45) is 11.0 Å². The normalized spacial score (nSPS) is 13.3. The molecular weight excluding hydrogens is 300 g/mol. The summed E-state index contributed by atoms with van der Waals surface area (Å²) >= 11 is 3.41. The molecular formula is C12H13BrN2O3. The molecule has 0 aromatic heterocycles. The Bertz CT molecular complexity index is 500. The third-order valence-corrected chi connectivity index (χ3v) is 3.08. The lowest BCUT2D eigenvalue weighted by Gasteiger charge is -2.03. The number of rotatable bonds is 3. The first-order valence-electron chi connectivity index (χ1n) is 5.50. The van der Waals surface area contributed by atoms with Crippen molar-refractivity contribution in [3.63, 3.8) is 0 Å². The summed E-state index contributed by atoms with van der Waals surface area (Å²) in [4.78, 5) is 11.3. The molecule has 5 nitrogen and oxygen atoms in total. The van der Waals surface area contributed by atoms with Crippen molar-refractivity contribution in [2.45, 2.75) is 13.8 Å². The Morgan fingerprint density at radius 1 is 1.44 bits per heavy atom. The number of nitrogens with one attached hydrogen (secondary N) is 1. The highest BCUT2D eigenvalue weighted by Crippen LogP contribution is 2.36. The predicted octanol–water partition coefficient (Wildman–Crippen LogP) is 2.28. The van der Waals surface area contributed by atoms with Crippen LogP contribution in [0.25, 0.3) is 0 Å². The lowest BCUT2D eigenvalue weighted by Crippen LogP contribution is -2.22. The van der Waals surface area contributed by atoms with Crippen LogP contribution in [0.4, 0.5) is 0 Å². The number of hydrogen-bond donors (Lipinski definition) is 1. The van der Waals surface area contributed by atoms with E-state index < -0.39 is 0 Å². The van der Waals surface area contributed by atoms with Crippen molar-refractivity contribution in [3.05, 3.63) is 22.2 Å². The van der Waals surface area contributed by atoms with Crippen molar-refractivity contribution in [3.8, 4) is 11.5 Å². The number of benzene rings is 1. The molecule has 1 aromatic carbocycles. The van der Waals surface area contributed by atoms with E-state index in [9.17, 15) is 4.79 Å². The maximum absolute atomic E-state index is 11.3. The number of hydrogen-bond acceptors (Lipinski definition) is 4. The number of carbonyl (C=O) groups is 1. The Labute approximate surface area is 113 Å². The summed E-state index contributed by atoms with van der Waals surface area (Å²) in [7, 11) is 0. The van der Waals surface area contributed by atoms with Gasteiger partial charge in [0, 0.05) is 16.0 Å². The Morgan fingerprint density at radius 3 is 2.78 bits per heavy atom. The molecule has 0 atom stereocenters. The molecule has 1 aliphatic rings. The van der Waals surface area contributed by atoms with E-state index in [0.29, 0.717) is 11.5 Å². The van der Waals surface area contributed by atoms with Gasteiger partial charge in [0.15, 0.2) is 11.5 Å². The number of ether oxygens (including phenoxy) is 2. The van der Waals surface area contributed by atoms with E-state index in [1.54, 1.807) is 26.1 Å². The van der Waals surface area contributed by atoms with Crippen LogP contribution in [0, 0.1) is 5.92 Å². The van der Waals surface area contributed by atoms with Gasteiger partial charge in [-0.25, -0.2) is 5.43 Å². The Balaban J connectivity index is 2.10. The molecule has 18 heavy (non-hydrogen) atoms. The van der Waals surface area contributed by atoms with Crippen molar-refractivity contribution in [1.82, 2.24) is 5.43 Å². The van der Waals surface area contributed by atoms with Gasteiger partial charge in [0.2, 0.25) is 12.7 Å². The molecule has 6 heteroatoms. The second-order valence-corrected chi connectivity index (χ2v) is 4.97. The Morgan fingerprint density at radius 2 is 2.11 bits per heavy atom. The number of fused-ring (bicyclic) bond motifs is 1. The topological polar surface area (TPSA) is 59.9 Å². The van der Waals surface area contributed by atoms with Gasteiger partial charge in [0.1, 0.15) is 0 Å².